The summed E-state index contributed by atoms with van der Waals surface area (Å²) in [6.45, 7) is 3.21. The van der Waals surface area contributed by atoms with E-state index in [2.05, 4.69) is 39.8 Å². The summed E-state index contributed by atoms with van der Waals surface area (Å²) in [5.74, 6) is 2.13. The molecule has 1 aliphatic carbocycles. The predicted molar refractivity (Wildman–Crippen MR) is 105 cm³/mol. The Hall–Kier alpha value is -2.66. The summed E-state index contributed by atoms with van der Waals surface area (Å²) >= 11 is 0. The fraction of sp³-hybridized carbons (Fsp3) is 0.364. The van der Waals surface area contributed by atoms with Crippen LogP contribution in [0.15, 0.2) is 48.8 Å². The number of pyridine rings is 1. The fourth-order valence-electron chi connectivity index (χ4n) is 4.81. The maximum absolute atomic E-state index is 5.42. The number of hydrogen-bond acceptors (Lipinski definition) is 4. The molecule has 0 amide bonds. The molecule has 0 unspecified atom stereocenters. The Bertz CT molecular complexity index is 966. The van der Waals surface area contributed by atoms with Crippen molar-refractivity contribution in [3.8, 4) is 17.0 Å². The highest BCUT2D eigenvalue weighted by molar-refractivity contribution is 5.68. The van der Waals surface area contributed by atoms with Crippen LogP contribution in [0.3, 0.4) is 0 Å². The molecule has 27 heavy (non-hydrogen) atoms. The van der Waals surface area contributed by atoms with E-state index in [1.54, 1.807) is 7.11 Å². The van der Waals surface area contributed by atoms with Crippen molar-refractivity contribution in [2.75, 3.05) is 20.2 Å². The van der Waals surface area contributed by atoms with E-state index in [1.807, 2.05) is 30.6 Å². The Labute approximate surface area is 159 Å². The van der Waals surface area contributed by atoms with E-state index < -0.39 is 0 Å². The molecule has 2 aromatic heterocycles. The monoisotopic (exact) mass is 360 g/mol. The molecule has 3 heterocycles. The number of fused-ring (bicyclic) bond motifs is 3. The topological polar surface area (TPSA) is 43.2 Å². The molecule has 2 aliphatic rings. The highest BCUT2D eigenvalue weighted by Gasteiger charge is 2.43. The molecule has 5 heteroatoms. The van der Waals surface area contributed by atoms with E-state index in [9.17, 15) is 0 Å². The van der Waals surface area contributed by atoms with Crippen molar-refractivity contribution < 1.29 is 4.74 Å². The SMILES string of the molecule is COc1cccc(-c2nn(C)c3c2[C@H]2CN(Cc4cccnc4)C[C@H]2C3)c1. The third kappa shape index (κ3) is 2.82. The molecular formula is C22H24N4O. The lowest BCUT2D eigenvalue weighted by molar-refractivity contribution is 0.313. The minimum absolute atomic E-state index is 0.562. The summed E-state index contributed by atoms with van der Waals surface area (Å²) in [6, 6.07) is 12.5. The average Bonchev–Trinajstić information content (AvgIpc) is 3.33. The largest absolute Gasteiger partial charge is 0.497 e. The summed E-state index contributed by atoms with van der Waals surface area (Å²) in [5, 5.41) is 4.88. The van der Waals surface area contributed by atoms with Crippen molar-refractivity contribution in [2.45, 2.75) is 18.9 Å². The zero-order valence-corrected chi connectivity index (χ0v) is 15.8. The van der Waals surface area contributed by atoms with E-state index in [0.29, 0.717) is 11.8 Å². The maximum atomic E-state index is 5.42. The van der Waals surface area contributed by atoms with Crippen molar-refractivity contribution in [1.29, 1.82) is 0 Å². The first kappa shape index (κ1) is 16.5. The Morgan fingerprint density at radius 3 is 2.93 bits per heavy atom. The molecule has 0 bridgehead atoms. The Balaban J connectivity index is 1.45. The van der Waals surface area contributed by atoms with Gasteiger partial charge in [0.25, 0.3) is 0 Å². The van der Waals surface area contributed by atoms with Crippen LogP contribution >= 0.6 is 0 Å². The smallest absolute Gasteiger partial charge is 0.119 e. The van der Waals surface area contributed by atoms with Crippen LogP contribution in [0.5, 0.6) is 5.75 Å². The normalized spacial score (nSPS) is 21.3. The van der Waals surface area contributed by atoms with Crippen molar-refractivity contribution >= 4 is 0 Å². The number of aryl methyl sites for hydroxylation is 1. The van der Waals surface area contributed by atoms with Gasteiger partial charge in [-0.2, -0.15) is 5.10 Å². The van der Waals surface area contributed by atoms with Gasteiger partial charge < -0.3 is 4.74 Å². The van der Waals surface area contributed by atoms with E-state index >= 15 is 0 Å². The molecule has 3 aromatic rings. The molecule has 1 fully saturated rings. The number of ether oxygens (including phenoxy) is 1. The molecule has 0 radical (unpaired) electrons. The second-order valence-electron chi connectivity index (χ2n) is 7.69. The molecule has 5 rings (SSSR count). The minimum atomic E-state index is 0.562. The van der Waals surface area contributed by atoms with Gasteiger partial charge in [0.1, 0.15) is 5.75 Å². The van der Waals surface area contributed by atoms with Crippen LogP contribution in [0.1, 0.15) is 22.7 Å². The molecule has 138 valence electrons. The summed E-state index contributed by atoms with van der Waals surface area (Å²) < 4.78 is 7.52. The van der Waals surface area contributed by atoms with Crippen LogP contribution < -0.4 is 4.74 Å². The Morgan fingerprint density at radius 2 is 2.11 bits per heavy atom. The summed E-state index contributed by atoms with van der Waals surface area (Å²) in [4.78, 5) is 6.82. The number of hydrogen-bond donors (Lipinski definition) is 0. The van der Waals surface area contributed by atoms with Crippen LogP contribution in [0.4, 0.5) is 0 Å². The van der Waals surface area contributed by atoms with Gasteiger partial charge in [-0.3, -0.25) is 14.6 Å². The molecule has 1 aliphatic heterocycles. The number of benzene rings is 1. The van der Waals surface area contributed by atoms with Crippen molar-refractivity contribution in [3.63, 3.8) is 0 Å². The van der Waals surface area contributed by atoms with Crippen molar-refractivity contribution in [2.24, 2.45) is 13.0 Å². The lowest BCUT2D eigenvalue weighted by Gasteiger charge is -2.16. The second kappa shape index (κ2) is 6.50. The zero-order valence-electron chi connectivity index (χ0n) is 15.8. The number of methoxy groups -OCH3 is 1. The maximum Gasteiger partial charge on any atom is 0.119 e. The van der Waals surface area contributed by atoms with E-state index in [-0.39, 0.29) is 0 Å². The summed E-state index contributed by atoms with van der Waals surface area (Å²) in [6.07, 6.45) is 4.94. The Morgan fingerprint density at radius 1 is 1.19 bits per heavy atom. The number of nitrogens with zero attached hydrogens (tertiary/aromatic N) is 4. The van der Waals surface area contributed by atoms with Gasteiger partial charge in [0, 0.05) is 61.8 Å². The van der Waals surface area contributed by atoms with Gasteiger partial charge in [0.05, 0.1) is 12.8 Å². The second-order valence-corrected chi connectivity index (χ2v) is 7.69. The molecule has 5 nitrogen and oxygen atoms in total. The Kier molecular flexibility index (Phi) is 3.97. The molecule has 0 N–H and O–H groups in total. The van der Waals surface area contributed by atoms with Crippen LogP contribution in [0, 0.1) is 5.92 Å². The summed E-state index contributed by atoms with van der Waals surface area (Å²) in [7, 11) is 3.79. The van der Waals surface area contributed by atoms with Gasteiger partial charge in [-0.15, -0.1) is 0 Å². The third-order valence-corrected chi connectivity index (χ3v) is 6.02. The zero-order chi connectivity index (χ0) is 18.4. The van der Waals surface area contributed by atoms with Gasteiger partial charge in [0.2, 0.25) is 0 Å². The molecule has 1 saturated heterocycles. The van der Waals surface area contributed by atoms with Crippen LogP contribution in [0.2, 0.25) is 0 Å². The van der Waals surface area contributed by atoms with Crippen molar-refractivity contribution in [1.82, 2.24) is 19.7 Å². The first-order valence-electron chi connectivity index (χ1n) is 9.54. The predicted octanol–water partition coefficient (Wildman–Crippen LogP) is 3.26. The van der Waals surface area contributed by atoms with E-state index in [1.165, 1.54) is 16.8 Å². The quantitative estimate of drug-likeness (QED) is 0.716. The highest BCUT2D eigenvalue weighted by atomic mass is 16.5. The third-order valence-electron chi connectivity index (χ3n) is 6.02. The lowest BCUT2D eigenvalue weighted by atomic mass is 9.94. The highest BCUT2D eigenvalue weighted by Crippen LogP contribution is 2.47. The van der Waals surface area contributed by atoms with Gasteiger partial charge in [-0.25, -0.2) is 0 Å². The average molecular weight is 360 g/mol. The van der Waals surface area contributed by atoms with Crippen LogP contribution in [0.25, 0.3) is 11.3 Å². The van der Waals surface area contributed by atoms with E-state index in [4.69, 9.17) is 9.84 Å². The fourth-order valence-corrected chi connectivity index (χ4v) is 4.81. The van der Waals surface area contributed by atoms with Gasteiger partial charge >= 0.3 is 0 Å². The summed E-state index contributed by atoms with van der Waals surface area (Å²) in [5.41, 5.74) is 6.42. The molecular weight excluding hydrogens is 336 g/mol. The molecule has 0 saturated carbocycles. The van der Waals surface area contributed by atoms with Gasteiger partial charge in [-0.05, 0) is 36.1 Å². The molecule has 2 atom stereocenters. The lowest BCUT2D eigenvalue weighted by Crippen LogP contribution is -2.21. The van der Waals surface area contributed by atoms with Gasteiger partial charge in [-0.1, -0.05) is 18.2 Å². The standard InChI is InChI=1S/C22H24N4O/c1-25-20-10-17-13-26(12-15-5-4-8-23-11-15)14-19(17)21(20)22(24-25)16-6-3-7-18(9-16)27-2/h3-9,11,17,19H,10,12-14H2,1-2H3/t17-,19+/m1/s1. The first-order valence-corrected chi connectivity index (χ1v) is 9.54. The number of aromatic nitrogens is 3. The first-order chi connectivity index (χ1) is 13.2. The van der Waals surface area contributed by atoms with Crippen LogP contribution in [-0.4, -0.2) is 39.9 Å². The number of rotatable bonds is 4. The van der Waals surface area contributed by atoms with E-state index in [0.717, 1.165) is 43.1 Å². The van der Waals surface area contributed by atoms with Crippen LogP contribution in [-0.2, 0) is 20.0 Å². The number of likely N-dealkylation sites (tertiary alicyclic amines) is 1. The molecule has 1 aromatic carbocycles. The van der Waals surface area contributed by atoms with Crippen molar-refractivity contribution in [3.05, 3.63) is 65.6 Å². The molecule has 0 spiro atoms. The van der Waals surface area contributed by atoms with Gasteiger partial charge in [0.15, 0.2) is 0 Å². The minimum Gasteiger partial charge on any atom is -0.497 e.